The van der Waals surface area contributed by atoms with Gasteiger partial charge in [-0.25, -0.2) is 0 Å². The van der Waals surface area contributed by atoms with E-state index in [9.17, 15) is 4.79 Å². The number of anilines is 1. The van der Waals surface area contributed by atoms with E-state index >= 15 is 0 Å². The summed E-state index contributed by atoms with van der Waals surface area (Å²) in [6.45, 7) is 2.10. The molecule has 0 aromatic heterocycles. The zero-order valence-corrected chi connectivity index (χ0v) is 8.42. The minimum atomic E-state index is -0.400. The number of hydrogen-bond donors (Lipinski definition) is 2. The maximum absolute atomic E-state index is 11.1. The highest BCUT2D eigenvalue weighted by Crippen LogP contribution is 2.19. The summed E-state index contributed by atoms with van der Waals surface area (Å²) < 4.78 is 0. The Hall–Kier alpha value is -1.51. The number of primary amides is 1. The molecule has 0 aliphatic carbocycles. The Bertz CT molecular complexity index is 334. The van der Waals surface area contributed by atoms with Gasteiger partial charge in [0.15, 0.2) is 0 Å². The first-order valence-electron chi connectivity index (χ1n) is 4.84. The first kappa shape index (κ1) is 10.6. The zero-order chi connectivity index (χ0) is 10.6. The molecule has 0 unspecified atom stereocenters. The van der Waals surface area contributed by atoms with Gasteiger partial charge in [-0.1, -0.05) is 19.4 Å². The van der Waals surface area contributed by atoms with Crippen LogP contribution >= 0.6 is 0 Å². The van der Waals surface area contributed by atoms with Gasteiger partial charge in [0, 0.05) is 11.3 Å². The van der Waals surface area contributed by atoms with Crippen molar-refractivity contribution in [2.75, 3.05) is 5.73 Å². The maximum atomic E-state index is 11.1. The summed E-state index contributed by atoms with van der Waals surface area (Å²) >= 11 is 0. The van der Waals surface area contributed by atoms with Crippen molar-refractivity contribution in [2.45, 2.75) is 26.2 Å². The third kappa shape index (κ3) is 2.25. The largest absolute Gasteiger partial charge is 0.398 e. The zero-order valence-electron chi connectivity index (χ0n) is 8.42. The van der Waals surface area contributed by atoms with Crippen LogP contribution in [0.25, 0.3) is 0 Å². The molecule has 0 radical (unpaired) electrons. The first-order valence-corrected chi connectivity index (χ1v) is 4.84. The van der Waals surface area contributed by atoms with Gasteiger partial charge >= 0.3 is 0 Å². The third-order valence-electron chi connectivity index (χ3n) is 2.26. The van der Waals surface area contributed by atoms with Gasteiger partial charge in [0.05, 0.1) is 0 Å². The van der Waals surface area contributed by atoms with Gasteiger partial charge in [0.1, 0.15) is 0 Å². The van der Waals surface area contributed by atoms with Gasteiger partial charge in [-0.2, -0.15) is 0 Å². The maximum Gasteiger partial charge on any atom is 0.249 e. The van der Waals surface area contributed by atoms with E-state index in [2.05, 4.69) is 6.92 Å². The van der Waals surface area contributed by atoms with Gasteiger partial charge < -0.3 is 11.5 Å². The minimum absolute atomic E-state index is 0.400. The van der Waals surface area contributed by atoms with Crippen molar-refractivity contribution in [1.29, 1.82) is 0 Å². The molecule has 0 bridgehead atoms. The predicted octanol–water partition coefficient (Wildman–Crippen LogP) is 1.71. The Morgan fingerprint density at radius 3 is 2.71 bits per heavy atom. The summed E-state index contributed by atoms with van der Waals surface area (Å²) in [7, 11) is 0. The third-order valence-corrected chi connectivity index (χ3v) is 2.26. The van der Waals surface area contributed by atoms with E-state index in [-0.39, 0.29) is 0 Å². The van der Waals surface area contributed by atoms with Crippen molar-refractivity contribution in [3.63, 3.8) is 0 Å². The highest BCUT2D eigenvalue weighted by molar-refractivity contribution is 5.95. The van der Waals surface area contributed by atoms with E-state index < -0.39 is 5.91 Å². The van der Waals surface area contributed by atoms with E-state index in [0.717, 1.165) is 24.8 Å². The molecule has 0 aliphatic rings. The number of carbonyl (C=O) groups is 1. The molecule has 0 aliphatic heterocycles. The molecular weight excluding hydrogens is 176 g/mol. The monoisotopic (exact) mass is 192 g/mol. The predicted molar refractivity (Wildman–Crippen MR) is 58.0 cm³/mol. The van der Waals surface area contributed by atoms with Crippen LogP contribution in [0.4, 0.5) is 5.69 Å². The number of hydrogen-bond acceptors (Lipinski definition) is 2. The number of benzene rings is 1. The number of unbranched alkanes of at least 4 members (excludes halogenated alkanes) is 1. The normalized spacial score (nSPS) is 10.1. The molecule has 0 atom stereocenters. The van der Waals surface area contributed by atoms with E-state index in [1.807, 2.05) is 0 Å². The molecule has 1 amide bonds. The standard InChI is InChI=1S/C11H16N2O/c1-2-3-5-8-9(11(13)14)6-4-7-10(8)12/h4,6-7H,2-3,5,12H2,1H3,(H2,13,14). The number of carbonyl (C=O) groups excluding carboxylic acids is 1. The number of nitrogen functional groups attached to an aromatic ring is 1. The lowest BCUT2D eigenvalue weighted by molar-refractivity contribution is 0.0999. The molecule has 0 saturated heterocycles. The van der Waals surface area contributed by atoms with Gasteiger partial charge in [0.2, 0.25) is 5.91 Å². The fourth-order valence-corrected chi connectivity index (χ4v) is 1.47. The van der Waals surface area contributed by atoms with Crippen LogP contribution in [0.2, 0.25) is 0 Å². The first-order chi connectivity index (χ1) is 6.66. The van der Waals surface area contributed by atoms with Crippen LogP contribution in [0.3, 0.4) is 0 Å². The van der Waals surface area contributed by atoms with Crippen molar-refractivity contribution in [3.05, 3.63) is 29.3 Å². The highest BCUT2D eigenvalue weighted by atomic mass is 16.1. The second-order valence-corrected chi connectivity index (χ2v) is 3.34. The van der Waals surface area contributed by atoms with Crippen molar-refractivity contribution in [3.8, 4) is 0 Å². The van der Waals surface area contributed by atoms with Crippen LogP contribution in [0.15, 0.2) is 18.2 Å². The average Bonchev–Trinajstić information content (AvgIpc) is 2.15. The second-order valence-electron chi connectivity index (χ2n) is 3.34. The lowest BCUT2D eigenvalue weighted by atomic mass is 10.00. The average molecular weight is 192 g/mol. The second kappa shape index (κ2) is 4.65. The number of rotatable bonds is 4. The number of amides is 1. The molecule has 0 heterocycles. The fraction of sp³-hybridized carbons (Fsp3) is 0.364. The summed E-state index contributed by atoms with van der Waals surface area (Å²) in [4.78, 5) is 11.1. The summed E-state index contributed by atoms with van der Waals surface area (Å²) in [5.74, 6) is -0.400. The molecule has 0 saturated carbocycles. The Kier molecular flexibility index (Phi) is 3.51. The molecule has 1 rings (SSSR count). The fourth-order valence-electron chi connectivity index (χ4n) is 1.47. The summed E-state index contributed by atoms with van der Waals surface area (Å²) in [6, 6.07) is 5.28. The lowest BCUT2D eigenvalue weighted by Crippen LogP contribution is -2.15. The topological polar surface area (TPSA) is 69.1 Å². The van der Waals surface area contributed by atoms with E-state index in [4.69, 9.17) is 11.5 Å². The molecule has 0 spiro atoms. The molecule has 4 N–H and O–H groups in total. The molecule has 1 aromatic rings. The Balaban J connectivity index is 3.02. The van der Waals surface area contributed by atoms with Crippen molar-refractivity contribution < 1.29 is 4.79 Å². The van der Waals surface area contributed by atoms with Crippen LogP contribution in [0, 0.1) is 0 Å². The number of nitrogens with two attached hydrogens (primary N) is 2. The molecular formula is C11H16N2O. The Labute approximate surface area is 84.1 Å². The highest BCUT2D eigenvalue weighted by Gasteiger charge is 2.09. The van der Waals surface area contributed by atoms with Gasteiger partial charge in [-0.05, 0) is 30.5 Å². The Morgan fingerprint density at radius 2 is 2.14 bits per heavy atom. The minimum Gasteiger partial charge on any atom is -0.398 e. The quantitative estimate of drug-likeness (QED) is 0.713. The van der Waals surface area contributed by atoms with Gasteiger partial charge in [0.25, 0.3) is 0 Å². The van der Waals surface area contributed by atoms with Crippen LogP contribution in [0.1, 0.15) is 35.7 Å². The van der Waals surface area contributed by atoms with Crippen LogP contribution in [-0.4, -0.2) is 5.91 Å². The summed E-state index contributed by atoms with van der Waals surface area (Å²) in [5, 5.41) is 0. The molecule has 3 heteroatoms. The summed E-state index contributed by atoms with van der Waals surface area (Å²) in [5.41, 5.74) is 13.2. The summed E-state index contributed by atoms with van der Waals surface area (Å²) in [6.07, 6.45) is 2.92. The SMILES string of the molecule is CCCCc1c(N)cccc1C(N)=O. The molecule has 76 valence electrons. The van der Waals surface area contributed by atoms with Gasteiger partial charge in [-0.15, -0.1) is 0 Å². The van der Waals surface area contributed by atoms with Crippen LogP contribution in [-0.2, 0) is 6.42 Å². The lowest BCUT2D eigenvalue weighted by Gasteiger charge is -2.08. The van der Waals surface area contributed by atoms with Crippen molar-refractivity contribution >= 4 is 11.6 Å². The molecule has 1 aromatic carbocycles. The van der Waals surface area contributed by atoms with Crippen molar-refractivity contribution in [2.24, 2.45) is 5.73 Å². The molecule has 14 heavy (non-hydrogen) atoms. The molecule has 0 fully saturated rings. The Morgan fingerprint density at radius 1 is 1.43 bits per heavy atom. The van der Waals surface area contributed by atoms with Crippen LogP contribution < -0.4 is 11.5 Å². The smallest absolute Gasteiger partial charge is 0.249 e. The van der Waals surface area contributed by atoms with Gasteiger partial charge in [-0.3, -0.25) is 4.79 Å². The van der Waals surface area contributed by atoms with E-state index in [1.165, 1.54) is 0 Å². The van der Waals surface area contributed by atoms with E-state index in [0.29, 0.717) is 11.3 Å². The van der Waals surface area contributed by atoms with E-state index in [1.54, 1.807) is 18.2 Å². The van der Waals surface area contributed by atoms with Crippen molar-refractivity contribution in [1.82, 2.24) is 0 Å². The van der Waals surface area contributed by atoms with Crippen LogP contribution in [0.5, 0.6) is 0 Å². The molecule has 3 nitrogen and oxygen atoms in total.